The van der Waals surface area contributed by atoms with Crippen molar-refractivity contribution in [1.82, 2.24) is 20.1 Å². The van der Waals surface area contributed by atoms with Gasteiger partial charge in [-0.05, 0) is 44.4 Å². The predicted molar refractivity (Wildman–Crippen MR) is 94.0 cm³/mol. The molecule has 0 spiro atoms. The summed E-state index contributed by atoms with van der Waals surface area (Å²) in [5.74, 6) is 1.90. The maximum absolute atomic E-state index is 12.6. The van der Waals surface area contributed by atoms with E-state index in [0.717, 1.165) is 48.7 Å². The predicted octanol–water partition coefficient (Wildman–Crippen LogP) is 3.05. The lowest BCUT2D eigenvalue weighted by molar-refractivity contribution is 0.246. The van der Waals surface area contributed by atoms with Gasteiger partial charge in [-0.3, -0.25) is 4.90 Å². The summed E-state index contributed by atoms with van der Waals surface area (Å²) in [6.07, 6.45) is 4.50. The number of aryl methyl sites for hydroxylation is 2. The van der Waals surface area contributed by atoms with E-state index < -0.39 is 0 Å². The highest BCUT2D eigenvalue weighted by molar-refractivity contribution is 5.91. The Bertz CT molecular complexity index is 709. The van der Waals surface area contributed by atoms with Gasteiger partial charge in [0, 0.05) is 25.2 Å². The lowest BCUT2D eigenvalue weighted by atomic mass is 10.2. The molecule has 0 bridgehead atoms. The van der Waals surface area contributed by atoms with Gasteiger partial charge in [-0.25, -0.2) is 4.79 Å². The van der Waals surface area contributed by atoms with Crippen LogP contribution in [0, 0.1) is 6.92 Å². The van der Waals surface area contributed by atoms with Crippen molar-refractivity contribution in [2.45, 2.75) is 52.6 Å². The summed E-state index contributed by atoms with van der Waals surface area (Å²) in [5, 5.41) is 11.6. The molecule has 1 aliphatic rings. The van der Waals surface area contributed by atoms with Crippen LogP contribution in [-0.4, -0.2) is 27.3 Å². The quantitative estimate of drug-likeness (QED) is 0.939. The maximum Gasteiger partial charge on any atom is 0.322 e. The second kappa shape index (κ2) is 7.47. The van der Waals surface area contributed by atoms with Gasteiger partial charge in [0.2, 0.25) is 0 Å². The fourth-order valence-corrected chi connectivity index (χ4v) is 3.13. The van der Waals surface area contributed by atoms with Crippen molar-refractivity contribution in [3.8, 4) is 0 Å². The van der Waals surface area contributed by atoms with E-state index in [-0.39, 0.29) is 6.03 Å². The number of nitrogens with one attached hydrogen (secondary N) is 1. The second-order valence-corrected chi connectivity index (χ2v) is 6.26. The van der Waals surface area contributed by atoms with Gasteiger partial charge in [0.25, 0.3) is 0 Å². The minimum absolute atomic E-state index is 0.103. The molecule has 0 saturated carbocycles. The van der Waals surface area contributed by atoms with Gasteiger partial charge in [-0.2, -0.15) is 0 Å². The van der Waals surface area contributed by atoms with Gasteiger partial charge >= 0.3 is 6.03 Å². The van der Waals surface area contributed by atoms with Crippen LogP contribution in [-0.2, 0) is 19.5 Å². The summed E-state index contributed by atoms with van der Waals surface area (Å²) < 4.78 is 2.19. The van der Waals surface area contributed by atoms with Crippen molar-refractivity contribution < 1.29 is 4.79 Å². The third kappa shape index (κ3) is 3.58. The molecule has 6 nitrogen and oxygen atoms in total. The lowest BCUT2D eigenvalue weighted by Crippen LogP contribution is -2.40. The molecule has 3 rings (SSSR count). The number of hydrogen-bond donors (Lipinski definition) is 1. The van der Waals surface area contributed by atoms with Crippen molar-refractivity contribution in [1.29, 1.82) is 0 Å². The van der Waals surface area contributed by atoms with Gasteiger partial charge in [0.1, 0.15) is 5.82 Å². The van der Waals surface area contributed by atoms with Crippen LogP contribution >= 0.6 is 0 Å². The third-order valence-corrected chi connectivity index (χ3v) is 4.37. The molecule has 0 aliphatic carbocycles. The molecule has 1 aromatic carbocycles. The van der Waals surface area contributed by atoms with E-state index >= 15 is 0 Å². The molecule has 0 saturated heterocycles. The molecule has 1 aromatic heterocycles. The number of hydrogen-bond acceptors (Lipinski definition) is 3. The van der Waals surface area contributed by atoms with Crippen LogP contribution in [0.15, 0.2) is 24.3 Å². The first-order chi connectivity index (χ1) is 11.7. The molecule has 2 aromatic rings. The van der Waals surface area contributed by atoms with Crippen molar-refractivity contribution >= 4 is 11.7 Å². The summed E-state index contributed by atoms with van der Waals surface area (Å²) in [6.45, 7) is 5.92. The number of anilines is 1. The first-order valence-electron chi connectivity index (χ1n) is 8.72. The Hall–Kier alpha value is -2.37. The molecular weight excluding hydrogens is 302 g/mol. The Kier molecular flexibility index (Phi) is 5.13. The van der Waals surface area contributed by atoms with Crippen LogP contribution in [0.3, 0.4) is 0 Å². The van der Waals surface area contributed by atoms with Crippen molar-refractivity contribution in [2.75, 3.05) is 11.4 Å². The molecule has 128 valence electrons. The highest BCUT2D eigenvalue weighted by Crippen LogP contribution is 2.20. The number of amides is 2. The van der Waals surface area contributed by atoms with E-state index in [1.54, 1.807) is 4.90 Å². The third-order valence-electron chi connectivity index (χ3n) is 4.37. The van der Waals surface area contributed by atoms with E-state index in [2.05, 4.69) is 20.1 Å². The lowest BCUT2D eigenvalue weighted by Gasteiger charge is -2.23. The molecule has 6 heteroatoms. The number of rotatable bonds is 4. The largest absolute Gasteiger partial charge is 0.338 e. The average molecular weight is 327 g/mol. The molecule has 1 aliphatic heterocycles. The molecule has 24 heavy (non-hydrogen) atoms. The molecule has 0 radical (unpaired) electrons. The second-order valence-electron chi connectivity index (χ2n) is 6.26. The van der Waals surface area contributed by atoms with Gasteiger partial charge in [-0.1, -0.05) is 18.6 Å². The first-order valence-corrected chi connectivity index (χ1v) is 8.72. The van der Waals surface area contributed by atoms with E-state index in [9.17, 15) is 4.79 Å². The van der Waals surface area contributed by atoms with Crippen molar-refractivity contribution in [3.05, 3.63) is 41.5 Å². The summed E-state index contributed by atoms with van der Waals surface area (Å²) in [5.41, 5.74) is 2.01. The van der Waals surface area contributed by atoms with Crippen LogP contribution < -0.4 is 10.2 Å². The van der Waals surface area contributed by atoms with Crippen LogP contribution in [0.5, 0.6) is 0 Å². The molecule has 0 unspecified atom stereocenters. The van der Waals surface area contributed by atoms with E-state index in [1.807, 2.05) is 38.1 Å². The number of carbonyl (C=O) groups excluding carboxylic acids is 1. The molecule has 2 heterocycles. The Balaban J connectivity index is 1.90. The molecule has 1 N–H and O–H groups in total. The number of fused-ring (bicyclic) bond motifs is 1. The Morgan fingerprint density at radius 2 is 2.17 bits per heavy atom. The standard InChI is InChI=1S/C18H25N5O/c1-3-19-18(24)23(15-9-7-8-14(2)12-15)13-17-21-20-16-10-5-4-6-11-22(16)17/h7-9,12H,3-6,10-11,13H2,1-2H3,(H,19,24). The number of urea groups is 1. The normalized spacial score (nSPS) is 13.9. The van der Waals surface area contributed by atoms with Crippen molar-refractivity contribution in [3.63, 3.8) is 0 Å². The summed E-state index contributed by atoms with van der Waals surface area (Å²) in [6, 6.07) is 7.88. The van der Waals surface area contributed by atoms with Gasteiger partial charge in [-0.15, -0.1) is 10.2 Å². The van der Waals surface area contributed by atoms with E-state index in [1.165, 1.54) is 6.42 Å². The molecule has 2 amide bonds. The first kappa shape index (κ1) is 16.5. The summed E-state index contributed by atoms with van der Waals surface area (Å²) in [4.78, 5) is 14.3. The SMILES string of the molecule is CCNC(=O)N(Cc1nnc2n1CCCCC2)c1cccc(C)c1. The number of nitrogens with zero attached hydrogens (tertiary/aromatic N) is 4. The average Bonchev–Trinajstić information content (AvgIpc) is 2.79. The zero-order valence-corrected chi connectivity index (χ0v) is 14.5. The van der Waals surface area contributed by atoms with Gasteiger partial charge in [0.15, 0.2) is 5.82 Å². The zero-order chi connectivity index (χ0) is 16.9. The molecule has 0 fully saturated rings. The Morgan fingerprint density at radius 3 is 2.96 bits per heavy atom. The van der Waals surface area contributed by atoms with Crippen LogP contribution in [0.25, 0.3) is 0 Å². The van der Waals surface area contributed by atoms with Crippen molar-refractivity contribution in [2.24, 2.45) is 0 Å². The number of aromatic nitrogens is 3. The van der Waals surface area contributed by atoms with Gasteiger partial charge in [0.05, 0.1) is 6.54 Å². The fraction of sp³-hybridized carbons (Fsp3) is 0.500. The van der Waals surface area contributed by atoms with Crippen LogP contribution in [0.2, 0.25) is 0 Å². The number of benzene rings is 1. The summed E-state index contributed by atoms with van der Waals surface area (Å²) >= 11 is 0. The van der Waals surface area contributed by atoms with Crippen LogP contribution in [0.1, 0.15) is 43.4 Å². The zero-order valence-electron chi connectivity index (χ0n) is 14.5. The Labute approximate surface area is 142 Å². The minimum atomic E-state index is -0.103. The van der Waals surface area contributed by atoms with E-state index in [0.29, 0.717) is 13.1 Å². The number of carbonyl (C=O) groups is 1. The topological polar surface area (TPSA) is 63.1 Å². The smallest absolute Gasteiger partial charge is 0.322 e. The minimum Gasteiger partial charge on any atom is -0.338 e. The monoisotopic (exact) mass is 327 g/mol. The molecule has 0 atom stereocenters. The highest BCUT2D eigenvalue weighted by atomic mass is 16.2. The maximum atomic E-state index is 12.6. The molecular formula is C18H25N5O. The van der Waals surface area contributed by atoms with E-state index in [4.69, 9.17) is 0 Å². The van der Waals surface area contributed by atoms with Gasteiger partial charge < -0.3 is 9.88 Å². The summed E-state index contributed by atoms with van der Waals surface area (Å²) in [7, 11) is 0. The van der Waals surface area contributed by atoms with Crippen LogP contribution in [0.4, 0.5) is 10.5 Å². The Morgan fingerprint density at radius 1 is 1.29 bits per heavy atom. The fourth-order valence-electron chi connectivity index (χ4n) is 3.13. The highest BCUT2D eigenvalue weighted by Gasteiger charge is 2.21.